The van der Waals surface area contributed by atoms with Gasteiger partial charge in [-0.05, 0) is 49.2 Å². The molecule has 1 fully saturated rings. The number of hydrogen-bond donors (Lipinski definition) is 1. The minimum Gasteiger partial charge on any atom is -0.346 e. The second-order valence-electron chi connectivity index (χ2n) is 6.95. The van der Waals surface area contributed by atoms with Crippen LogP contribution in [0.4, 0.5) is 4.39 Å². The number of benzene rings is 1. The monoisotopic (exact) mass is 398 g/mol. The molecule has 1 saturated carbocycles. The number of amides is 1. The van der Waals surface area contributed by atoms with E-state index in [0.717, 1.165) is 35.9 Å². The van der Waals surface area contributed by atoms with Gasteiger partial charge < -0.3 is 5.32 Å². The van der Waals surface area contributed by atoms with Gasteiger partial charge in [-0.15, -0.1) is 0 Å². The summed E-state index contributed by atoms with van der Waals surface area (Å²) in [5, 5.41) is 7.67. The summed E-state index contributed by atoms with van der Waals surface area (Å²) in [6.07, 6.45) is 8.15. The SMILES string of the molecule is O=C(NCc1cc(-c2ccncc2)n(C2CCCC2)n1)c1ccc(F)cc1Cl. The van der Waals surface area contributed by atoms with Gasteiger partial charge in [-0.25, -0.2) is 4.39 Å². The van der Waals surface area contributed by atoms with Crippen molar-refractivity contribution in [3.8, 4) is 11.3 Å². The van der Waals surface area contributed by atoms with Crippen LogP contribution < -0.4 is 5.32 Å². The van der Waals surface area contributed by atoms with E-state index in [0.29, 0.717) is 6.04 Å². The summed E-state index contributed by atoms with van der Waals surface area (Å²) in [4.78, 5) is 16.5. The van der Waals surface area contributed by atoms with E-state index in [4.69, 9.17) is 16.7 Å². The van der Waals surface area contributed by atoms with Crippen LogP contribution in [0.1, 0.15) is 47.8 Å². The van der Waals surface area contributed by atoms with E-state index >= 15 is 0 Å². The van der Waals surface area contributed by atoms with E-state index in [1.54, 1.807) is 12.4 Å². The highest BCUT2D eigenvalue weighted by atomic mass is 35.5. The van der Waals surface area contributed by atoms with Crippen molar-refractivity contribution < 1.29 is 9.18 Å². The summed E-state index contributed by atoms with van der Waals surface area (Å²) in [5.41, 5.74) is 3.09. The zero-order valence-corrected chi connectivity index (χ0v) is 16.0. The van der Waals surface area contributed by atoms with Gasteiger partial charge in [0.2, 0.25) is 0 Å². The van der Waals surface area contributed by atoms with Crippen molar-refractivity contribution in [2.24, 2.45) is 0 Å². The Balaban J connectivity index is 1.55. The highest BCUT2D eigenvalue weighted by Crippen LogP contribution is 2.33. The van der Waals surface area contributed by atoms with Gasteiger partial charge in [0.05, 0.1) is 34.6 Å². The molecule has 1 N–H and O–H groups in total. The maximum Gasteiger partial charge on any atom is 0.253 e. The number of rotatable bonds is 5. The molecular formula is C21H20ClFN4O. The lowest BCUT2D eigenvalue weighted by atomic mass is 10.1. The molecule has 2 heterocycles. The molecule has 0 saturated heterocycles. The van der Waals surface area contributed by atoms with Gasteiger partial charge in [-0.2, -0.15) is 5.10 Å². The highest BCUT2D eigenvalue weighted by Gasteiger charge is 2.22. The summed E-state index contributed by atoms with van der Waals surface area (Å²) >= 11 is 5.98. The quantitative estimate of drug-likeness (QED) is 0.672. The first-order valence-corrected chi connectivity index (χ1v) is 9.71. The molecule has 0 aliphatic heterocycles. The van der Waals surface area contributed by atoms with E-state index in [-0.39, 0.29) is 23.0 Å². The molecule has 5 nitrogen and oxygen atoms in total. The fraction of sp³-hybridized carbons (Fsp3) is 0.286. The first-order chi connectivity index (χ1) is 13.6. The molecule has 1 amide bonds. The molecule has 0 atom stereocenters. The Kier molecular flexibility index (Phi) is 5.39. The standard InChI is InChI=1S/C21H20ClFN4O/c22-19-11-15(23)5-6-18(19)21(28)25-13-16-12-20(14-7-9-24-10-8-14)27(26-16)17-3-1-2-4-17/h5-12,17H,1-4,13H2,(H,25,28). The number of halogens is 2. The Morgan fingerprint density at radius 2 is 1.93 bits per heavy atom. The van der Waals surface area contributed by atoms with E-state index in [1.165, 1.54) is 25.0 Å². The third-order valence-electron chi connectivity index (χ3n) is 5.04. The molecule has 1 aliphatic rings. The molecule has 2 aromatic heterocycles. The molecule has 144 valence electrons. The number of nitrogens with zero attached hydrogens (tertiary/aromatic N) is 3. The van der Waals surface area contributed by atoms with Gasteiger partial charge in [-0.3, -0.25) is 14.5 Å². The summed E-state index contributed by atoms with van der Waals surface area (Å²) in [5.74, 6) is -0.829. The molecule has 28 heavy (non-hydrogen) atoms. The maximum absolute atomic E-state index is 13.2. The topological polar surface area (TPSA) is 59.8 Å². The summed E-state index contributed by atoms with van der Waals surface area (Å²) in [6, 6.07) is 10.0. The number of nitrogens with one attached hydrogen (secondary N) is 1. The average Bonchev–Trinajstić information content (AvgIpc) is 3.36. The van der Waals surface area contributed by atoms with E-state index in [1.807, 2.05) is 18.2 Å². The van der Waals surface area contributed by atoms with Crippen LogP contribution in [0.3, 0.4) is 0 Å². The smallest absolute Gasteiger partial charge is 0.253 e. The number of carbonyl (C=O) groups is 1. The van der Waals surface area contributed by atoms with Gasteiger partial charge in [0.25, 0.3) is 5.91 Å². The predicted octanol–water partition coefficient (Wildman–Crippen LogP) is 4.78. The lowest BCUT2D eigenvalue weighted by Crippen LogP contribution is -2.23. The molecule has 3 aromatic rings. The van der Waals surface area contributed by atoms with Crippen LogP contribution in [0.25, 0.3) is 11.3 Å². The minimum absolute atomic E-state index is 0.0893. The second kappa shape index (κ2) is 8.10. The molecule has 0 spiro atoms. The zero-order chi connectivity index (χ0) is 19.5. The van der Waals surface area contributed by atoms with Crippen LogP contribution in [-0.2, 0) is 6.54 Å². The van der Waals surface area contributed by atoms with Crippen LogP contribution in [0.2, 0.25) is 5.02 Å². The van der Waals surface area contributed by atoms with Crippen molar-refractivity contribution in [3.63, 3.8) is 0 Å². The zero-order valence-electron chi connectivity index (χ0n) is 15.2. The van der Waals surface area contributed by atoms with Crippen LogP contribution >= 0.6 is 11.6 Å². The van der Waals surface area contributed by atoms with Gasteiger partial charge >= 0.3 is 0 Å². The molecule has 0 bridgehead atoms. The molecule has 7 heteroatoms. The van der Waals surface area contributed by atoms with Crippen LogP contribution in [0.15, 0.2) is 48.8 Å². The van der Waals surface area contributed by atoms with Crippen LogP contribution in [-0.4, -0.2) is 20.7 Å². The summed E-state index contributed by atoms with van der Waals surface area (Å²) < 4.78 is 15.3. The predicted molar refractivity (Wildman–Crippen MR) is 106 cm³/mol. The van der Waals surface area contributed by atoms with Gasteiger partial charge in [-0.1, -0.05) is 24.4 Å². The molecule has 1 aromatic carbocycles. The first kappa shape index (κ1) is 18.6. The van der Waals surface area contributed by atoms with Crippen molar-refractivity contribution in [1.82, 2.24) is 20.1 Å². The number of carbonyl (C=O) groups excluding carboxylic acids is 1. The number of hydrogen-bond acceptors (Lipinski definition) is 3. The largest absolute Gasteiger partial charge is 0.346 e. The van der Waals surface area contributed by atoms with Crippen molar-refractivity contribution in [2.75, 3.05) is 0 Å². The fourth-order valence-electron chi connectivity index (χ4n) is 3.64. The lowest BCUT2D eigenvalue weighted by Gasteiger charge is -2.14. The Labute approximate surface area is 167 Å². The first-order valence-electron chi connectivity index (χ1n) is 9.34. The van der Waals surface area contributed by atoms with Crippen molar-refractivity contribution >= 4 is 17.5 Å². The van der Waals surface area contributed by atoms with Gasteiger partial charge in [0.1, 0.15) is 5.82 Å². The molecule has 0 radical (unpaired) electrons. The normalized spacial score (nSPS) is 14.4. The van der Waals surface area contributed by atoms with Crippen LogP contribution in [0.5, 0.6) is 0 Å². The number of aromatic nitrogens is 3. The van der Waals surface area contributed by atoms with Gasteiger partial charge in [0, 0.05) is 18.0 Å². The third-order valence-corrected chi connectivity index (χ3v) is 5.35. The molecule has 1 aliphatic carbocycles. The number of pyridine rings is 1. The molecular weight excluding hydrogens is 379 g/mol. The van der Waals surface area contributed by atoms with Crippen molar-refractivity contribution in [3.05, 3.63) is 70.9 Å². The van der Waals surface area contributed by atoms with E-state index < -0.39 is 5.82 Å². The second-order valence-corrected chi connectivity index (χ2v) is 7.35. The minimum atomic E-state index is -0.473. The van der Waals surface area contributed by atoms with Gasteiger partial charge in [0.15, 0.2) is 0 Å². The van der Waals surface area contributed by atoms with Crippen LogP contribution in [0, 0.1) is 5.82 Å². The lowest BCUT2D eigenvalue weighted by molar-refractivity contribution is 0.0950. The summed E-state index contributed by atoms with van der Waals surface area (Å²) in [6.45, 7) is 0.268. The maximum atomic E-state index is 13.2. The Hall–Kier alpha value is -2.73. The molecule has 0 unspecified atom stereocenters. The Morgan fingerprint density at radius 3 is 2.64 bits per heavy atom. The summed E-state index contributed by atoms with van der Waals surface area (Å²) in [7, 11) is 0. The van der Waals surface area contributed by atoms with Crippen molar-refractivity contribution in [2.45, 2.75) is 38.3 Å². The third kappa shape index (κ3) is 3.92. The molecule has 4 rings (SSSR count). The van der Waals surface area contributed by atoms with Crippen molar-refractivity contribution in [1.29, 1.82) is 0 Å². The fourth-order valence-corrected chi connectivity index (χ4v) is 3.89. The Morgan fingerprint density at radius 1 is 1.18 bits per heavy atom. The average molecular weight is 399 g/mol. The Bertz CT molecular complexity index is 983. The highest BCUT2D eigenvalue weighted by molar-refractivity contribution is 6.33. The van der Waals surface area contributed by atoms with E-state index in [2.05, 4.69) is 15.0 Å². The van der Waals surface area contributed by atoms with E-state index in [9.17, 15) is 9.18 Å².